The van der Waals surface area contributed by atoms with Crippen LogP contribution in [0.1, 0.15) is 18.5 Å². The molecule has 0 fully saturated rings. The van der Waals surface area contributed by atoms with Gasteiger partial charge in [0.1, 0.15) is 5.75 Å². The van der Waals surface area contributed by atoms with Crippen LogP contribution in [0.15, 0.2) is 48.6 Å². The fourth-order valence-electron chi connectivity index (χ4n) is 1.96. The zero-order chi connectivity index (χ0) is 15.7. The highest BCUT2D eigenvalue weighted by Gasteiger charge is 2.15. The van der Waals surface area contributed by atoms with Crippen molar-refractivity contribution in [1.82, 2.24) is 10.2 Å². The zero-order valence-electron chi connectivity index (χ0n) is 13.2. The summed E-state index contributed by atoms with van der Waals surface area (Å²) in [5, 5.41) is 2.92. The molecule has 0 heterocycles. The predicted molar refractivity (Wildman–Crippen MR) is 86.4 cm³/mol. The summed E-state index contributed by atoms with van der Waals surface area (Å²) >= 11 is 0. The molecule has 1 N–H and O–H groups in total. The van der Waals surface area contributed by atoms with Gasteiger partial charge in [-0.1, -0.05) is 30.4 Å². The molecule has 1 atom stereocenters. The second kappa shape index (κ2) is 8.97. The number of benzene rings is 1. The van der Waals surface area contributed by atoms with Gasteiger partial charge in [0.05, 0.1) is 13.2 Å². The van der Waals surface area contributed by atoms with Gasteiger partial charge in [0, 0.05) is 12.6 Å². The monoisotopic (exact) mass is 288 g/mol. The summed E-state index contributed by atoms with van der Waals surface area (Å²) in [5.41, 5.74) is 1.11. The van der Waals surface area contributed by atoms with Crippen LogP contribution in [0.3, 0.4) is 0 Å². The van der Waals surface area contributed by atoms with Gasteiger partial charge >= 0.3 is 0 Å². The van der Waals surface area contributed by atoms with E-state index >= 15 is 0 Å². The molecule has 114 valence electrons. The van der Waals surface area contributed by atoms with Crippen molar-refractivity contribution < 1.29 is 9.53 Å². The van der Waals surface area contributed by atoms with Crippen molar-refractivity contribution in [2.45, 2.75) is 13.0 Å². The van der Waals surface area contributed by atoms with Crippen LogP contribution < -0.4 is 10.1 Å². The number of allylic oxidation sites excluding steroid dienone is 3. The minimum absolute atomic E-state index is 0.0946. The topological polar surface area (TPSA) is 41.6 Å². The van der Waals surface area contributed by atoms with E-state index in [1.165, 1.54) is 6.08 Å². The Bertz CT molecular complexity index is 507. The first-order chi connectivity index (χ1) is 10.1. The number of carbonyl (C=O) groups is 1. The molecule has 0 saturated heterocycles. The molecule has 0 aliphatic carbocycles. The van der Waals surface area contributed by atoms with E-state index in [1.807, 2.05) is 57.4 Å². The van der Waals surface area contributed by atoms with E-state index in [0.29, 0.717) is 6.54 Å². The average Bonchev–Trinajstić information content (AvgIpc) is 2.47. The Morgan fingerprint density at radius 3 is 2.76 bits per heavy atom. The first-order valence-corrected chi connectivity index (χ1v) is 6.96. The number of hydrogen-bond acceptors (Lipinski definition) is 3. The van der Waals surface area contributed by atoms with Crippen molar-refractivity contribution in [3.05, 3.63) is 54.1 Å². The third kappa shape index (κ3) is 5.83. The summed E-state index contributed by atoms with van der Waals surface area (Å²) in [7, 11) is 5.63. The number of nitrogens with one attached hydrogen (secondary N) is 1. The van der Waals surface area contributed by atoms with E-state index in [2.05, 4.69) is 10.2 Å². The Labute approximate surface area is 127 Å². The third-order valence-electron chi connectivity index (χ3n) is 3.12. The smallest absolute Gasteiger partial charge is 0.244 e. The summed E-state index contributed by atoms with van der Waals surface area (Å²) in [6.07, 6.45) is 6.96. The highest BCUT2D eigenvalue weighted by atomic mass is 16.5. The molecular formula is C17H24N2O2. The third-order valence-corrected chi connectivity index (χ3v) is 3.12. The number of ether oxygens (including phenoxy) is 1. The molecule has 4 nitrogen and oxygen atoms in total. The first kappa shape index (κ1) is 17.0. The highest BCUT2D eigenvalue weighted by Crippen LogP contribution is 2.21. The Balaban J connectivity index is 2.72. The lowest BCUT2D eigenvalue weighted by Gasteiger charge is -2.25. The Morgan fingerprint density at radius 1 is 1.38 bits per heavy atom. The predicted octanol–water partition coefficient (Wildman–Crippen LogP) is 2.55. The lowest BCUT2D eigenvalue weighted by molar-refractivity contribution is -0.116. The molecule has 1 aromatic carbocycles. The standard InChI is InChI=1S/C17H24N2O2/c1-5-6-7-11-17(20)18-13-16(19(2)3)14-9-8-10-15(12-14)21-4/h5-12,16H,13H2,1-4H3,(H,18,20)/b6-5+,11-7+. The van der Waals surface area contributed by atoms with Crippen molar-refractivity contribution in [1.29, 1.82) is 0 Å². The van der Waals surface area contributed by atoms with Gasteiger partial charge in [-0.25, -0.2) is 0 Å². The second-order valence-electron chi connectivity index (χ2n) is 4.89. The first-order valence-electron chi connectivity index (χ1n) is 6.96. The molecule has 1 aromatic rings. The molecular weight excluding hydrogens is 264 g/mol. The van der Waals surface area contributed by atoms with E-state index in [1.54, 1.807) is 13.2 Å². The van der Waals surface area contributed by atoms with E-state index in [-0.39, 0.29) is 11.9 Å². The molecule has 1 amide bonds. The van der Waals surface area contributed by atoms with Crippen molar-refractivity contribution in [3.8, 4) is 5.75 Å². The maximum atomic E-state index is 11.7. The fraction of sp³-hybridized carbons (Fsp3) is 0.353. The summed E-state index contributed by atoms with van der Waals surface area (Å²) in [6, 6.07) is 7.99. The molecule has 1 rings (SSSR count). The Hall–Kier alpha value is -2.07. The van der Waals surface area contributed by atoms with Gasteiger partial charge in [0.25, 0.3) is 0 Å². The SMILES string of the molecule is C/C=C/C=C/C(=O)NCC(c1cccc(OC)c1)N(C)C. The van der Waals surface area contributed by atoms with Gasteiger partial charge in [-0.05, 0) is 38.7 Å². The zero-order valence-corrected chi connectivity index (χ0v) is 13.2. The quantitative estimate of drug-likeness (QED) is 0.619. The highest BCUT2D eigenvalue weighted by molar-refractivity contribution is 5.87. The van der Waals surface area contributed by atoms with E-state index in [0.717, 1.165) is 11.3 Å². The number of likely N-dealkylation sites (N-methyl/N-ethyl adjacent to an activating group) is 1. The minimum atomic E-state index is -0.0946. The van der Waals surface area contributed by atoms with Crippen LogP contribution in [0, 0.1) is 0 Å². The number of carbonyl (C=O) groups excluding carboxylic acids is 1. The van der Waals surface area contributed by atoms with Gasteiger partial charge in [-0.15, -0.1) is 0 Å². The maximum Gasteiger partial charge on any atom is 0.244 e. The van der Waals surface area contributed by atoms with Crippen molar-refractivity contribution in [3.63, 3.8) is 0 Å². The van der Waals surface area contributed by atoms with Gasteiger partial charge < -0.3 is 15.0 Å². The fourth-order valence-corrected chi connectivity index (χ4v) is 1.96. The normalized spacial score (nSPS) is 13.0. The molecule has 0 saturated carbocycles. The van der Waals surface area contributed by atoms with E-state index in [9.17, 15) is 4.79 Å². The number of nitrogens with zero attached hydrogens (tertiary/aromatic N) is 1. The summed E-state index contributed by atoms with van der Waals surface area (Å²) < 4.78 is 5.25. The van der Waals surface area contributed by atoms with Crippen LogP contribution in [-0.4, -0.2) is 38.6 Å². The summed E-state index contributed by atoms with van der Waals surface area (Å²) in [6.45, 7) is 2.45. The molecule has 4 heteroatoms. The van der Waals surface area contributed by atoms with Gasteiger partial charge in [0.15, 0.2) is 0 Å². The number of hydrogen-bond donors (Lipinski definition) is 1. The maximum absolute atomic E-state index is 11.7. The van der Waals surface area contributed by atoms with Crippen LogP contribution in [0.2, 0.25) is 0 Å². The molecule has 0 spiro atoms. The minimum Gasteiger partial charge on any atom is -0.497 e. The van der Waals surface area contributed by atoms with E-state index in [4.69, 9.17) is 4.74 Å². The van der Waals surface area contributed by atoms with Crippen LogP contribution in [0.25, 0.3) is 0 Å². The van der Waals surface area contributed by atoms with Crippen LogP contribution in [0.5, 0.6) is 5.75 Å². The Morgan fingerprint density at radius 2 is 2.14 bits per heavy atom. The van der Waals surface area contributed by atoms with Gasteiger partial charge in [-0.2, -0.15) is 0 Å². The van der Waals surface area contributed by atoms with Crippen LogP contribution >= 0.6 is 0 Å². The van der Waals surface area contributed by atoms with Crippen molar-refractivity contribution >= 4 is 5.91 Å². The molecule has 0 aliphatic rings. The molecule has 0 radical (unpaired) electrons. The lowest BCUT2D eigenvalue weighted by Crippen LogP contribution is -2.33. The van der Waals surface area contributed by atoms with Crippen LogP contribution in [-0.2, 0) is 4.79 Å². The number of rotatable bonds is 7. The lowest BCUT2D eigenvalue weighted by atomic mass is 10.1. The largest absolute Gasteiger partial charge is 0.497 e. The van der Waals surface area contributed by atoms with Crippen LogP contribution in [0.4, 0.5) is 0 Å². The average molecular weight is 288 g/mol. The molecule has 1 unspecified atom stereocenters. The summed E-state index contributed by atoms with van der Waals surface area (Å²) in [4.78, 5) is 13.8. The van der Waals surface area contributed by atoms with Crippen molar-refractivity contribution in [2.75, 3.05) is 27.7 Å². The Kier molecular flexibility index (Phi) is 7.26. The molecule has 0 aromatic heterocycles. The molecule has 0 aliphatic heterocycles. The van der Waals surface area contributed by atoms with Gasteiger partial charge in [0.2, 0.25) is 5.91 Å². The number of amides is 1. The number of methoxy groups -OCH3 is 1. The van der Waals surface area contributed by atoms with Gasteiger partial charge in [-0.3, -0.25) is 4.79 Å². The molecule has 21 heavy (non-hydrogen) atoms. The van der Waals surface area contributed by atoms with E-state index < -0.39 is 0 Å². The molecule has 0 bridgehead atoms. The second-order valence-corrected chi connectivity index (χ2v) is 4.89. The summed E-state index contributed by atoms with van der Waals surface area (Å²) in [5.74, 6) is 0.724. The van der Waals surface area contributed by atoms with Crippen molar-refractivity contribution in [2.24, 2.45) is 0 Å².